The van der Waals surface area contributed by atoms with Gasteiger partial charge in [0.2, 0.25) is 5.88 Å². The number of carbonyl (C=O) groups is 1. The van der Waals surface area contributed by atoms with Gasteiger partial charge in [0.15, 0.2) is 5.78 Å². The van der Waals surface area contributed by atoms with Gasteiger partial charge in [-0.1, -0.05) is 41.7 Å². The number of rotatable bonds is 2. The monoisotopic (exact) mass is 313 g/mol. The SMILES string of the molecule is CC(C)n1c(O)c(C=C2C(=O)C=Cc3ccccc32)sc1=O. The van der Waals surface area contributed by atoms with Gasteiger partial charge in [0.05, 0.1) is 4.88 Å². The molecular weight excluding hydrogens is 298 g/mol. The van der Waals surface area contributed by atoms with Gasteiger partial charge in [0, 0.05) is 11.6 Å². The molecule has 1 aliphatic rings. The molecule has 0 unspecified atom stereocenters. The molecule has 0 saturated heterocycles. The second-order valence-electron chi connectivity index (χ2n) is 5.36. The van der Waals surface area contributed by atoms with Gasteiger partial charge < -0.3 is 5.11 Å². The zero-order valence-corrected chi connectivity index (χ0v) is 13.1. The number of benzene rings is 1. The van der Waals surface area contributed by atoms with Crippen molar-refractivity contribution < 1.29 is 9.90 Å². The molecule has 1 aromatic carbocycles. The zero-order valence-electron chi connectivity index (χ0n) is 12.2. The number of nitrogens with zero attached hydrogens (tertiary/aromatic N) is 1. The van der Waals surface area contributed by atoms with E-state index in [9.17, 15) is 14.7 Å². The summed E-state index contributed by atoms with van der Waals surface area (Å²) in [6.45, 7) is 3.66. The normalized spacial score (nSPS) is 15.6. The number of aromatic hydroxyl groups is 1. The second kappa shape index (κ2) is 5.42. The van der Waals surface area contributed by atoms with E-state index in [1.165, 1.54) is 10.6 Å². The third kappa shape index (κ3) is 2.33. The molecule has 1 aromatic heterocycles. The number of allylic oxidation sites excluding steroid dienone is 2. The molecule has 2 aromatic rings. The van der Waals surface area contributed by atoms with Crippen LogP contribution >= 0.6 is 11.3 Å². The summed E-state index contributed by atoms with van der Waals surface area (Å²) in [5.74, 6) is -0.215. The molecule has 22 heavy (non-hydrogen) atoms. The van der Waals surface area contributed by atoms with Crippen molar-refractivity contribution in [3.8, 4) is 5.88 Å². The van der Waals surface area contributed by atoms with Gasteiger partial charge in [-0.15, -0.1) is 0 Å². The van der Waals surface area contributed by atoms with Gasteiger partial charge >= 0.3 is 4.87 Å². The number of hydrogen-bond acceptors (Lipinski definition) is 4. The average molecular weight is 313 g/mol. The number of thiazole rings is 1. The molecule has 0 spiro atoms. The lowest BCUT2D eigenvalue weighted by Crippen LogP contribution is -2.14. The van der Waals surface area contributed by atoms with Crippen LogP contribution in [-0.2, 0) is 4.79 Å². The molecular formula is C17H15NO3S. The van der Waals surface area contributed by atoms with Gasteiger partial charge in [-0.2, -0.15) is 0 Å². The molecule has 0 radical (unpaired) electrons. The number of fused-ring (bicyclic) bond motifs is 1. The van der Waals surface area contributed by atoms with Crippen LogP contribution in [-0.4, -0.2) is 15.5 Å². The Morgan fingerprint density at radius 3 is 2.59 bits per heavy atom. The fraction of sp³-hybridized carbons (Fsp3) is 0.176. The van der Waals surface area contributed by atoms with Gasteiger partial charge in [-0.3, -0.25) is 14.2 Å². The van der Waals surface area contributed by atoms with E-state index in [0.717, 1.165) is 22.5 Å². The van der Waals surface area contributed by atoms with Crippen LogP contribution in [0.4, 0.5) is 0 Å². The average Bonchev–Trinajstić information content (AvgIpc) is 2.76. The summed E-state index contributed by atoms with van der Waals surface area (Å²) in [6, 6.07) is 7.42. The first-order chi connectivity index (χ1) is 10.5. The van der Waals surface area contributed by atoms with Crippen LogP contribution in [0.15, 0.2) is 35.1 Å². The van der Waals surface area contributed by atoms with Gasteiger partial charge in [0.1, 0.15) is 0 Å². The predicted molar refractivity (Wildman–Crippen MR) is 89.0 cm³/mol. The zero-order chi connectivity index (χ0) is 15.9. The molecule has 1 heterocycles. The van der Waals surface area contributed by atoms with Crippen LogP contribution in [0.25, 0.3) is 17.7 Å². The highest BCUT2D eigenvalue weighted by Gasteiger charge is 2.20. The van der Waals surface area contributed by atoms with Crippen molar-refractivity contribution in [2.24, 2.45) is 0 Å². The van der Waals surface area contributed by atoms with Gasteiger partial charge in [0.25, 0.3) is 0 Å². The third-order valence-electron chi connectivity index (χ3n) is 3.57. The third-order valence-corrected chi connectivity index (χ3v) is 4.46. The number of hydrogen-bond donors (Lipinski definition) is 1. The van der Waals surface area contributed by atoms with Crippen LogP contribution in [0.3, 0.4) is 0 Å². The maximum atomic E-state index is 12.2. The molecule has 5 heteroatoms. The number of aromatic nitrogens is 1. The summed E-state index contributed by atoms with van der Waals surface area (Å²) in [4.78, 5) is 24.3. The molecule has 0 fully saturated rings. The first-order valence-corrected chi connectivity index (χ1v) is 7.78. The number of ketones is 1. The highest BCUT2D eigenvalue weighted by molar-refractivity contribution is 7.10. The summed E-state index contributed by atoms with van der Waals surface area (Å²) in [7, 11) is 0. The molecule has 1 N–H and O–H groups in total. The van der Waals surface area contributed by atoms with Crippen LogP contribution in [0.2, 0.25) is 0 Å². The predicted octanol–water partition coefficient (Wildman–Crippen LogP) is 3.33. The van der Waals surface area contributed by atoms with Crippen molar-refractivity contribution in [2.45, 2.75) is 19.9 Å². The first kappa shape index (κ1) is 14.5. The Bertz CT molecular complexity index is 868. The Morgan fingerprint density at radius 1 is 1.18 bits per heavy atom. The fourth-order valence-electron chi connectivity index (χ4n) is 2.50. The highest BCUT2D eigenvalue weighted by atomic mass is 32.1. The lowest BCUT2D eigenvalue weighted by molar-refractivity contribution is -0.109. The Morgan fingerprint density at radius 2 is 1.91 bits per heavy atom. The summed E-state index contributed by atoms with van der Waals surface area (Å²) in [6.07, 6.45) is 4.88. The highest BCUT2D eigenvalue weighted by Crippen LogP contribution is 2.32. The topological polar surface area (TPSA) is 59.3 Å². The van der Waals surface area contributed by atoms with E-state index >= 15 is 0 Å². The lowest BCUT2D eigenvalue weighted by atomic mass is 9.91. The maximum absolute atomic E-state index is 12.2. The summed E-state index contributed by atoms with van der Waals surface area (Å²) >= 11 is 0.944. The van der Waals surface area contributed by atoms with Gasteiger partial charge in [-0.05, 0) is 37.1 Å². The minimum Gasteiger partial charge on any atom is -0.493 e. The lowest BCUT2D eigenvalue weighted by Gasteiger charge is -2.12. The number of carbonyl (C=O) groups excluding carboxylic acids is 1. The Kier molecular flexibility index (Phi) is 3.58. The largest absolute Gasteiger partial charge is 0.493 e. The second-order valence-corrected chi connectivity index (χ2v) is 6.36. The quantitative estimate of drug-likeness (QED) is 0.865. The molecule has 112 valence electrons. The Balaban J connectivity index is 2.17. The molecule has 4 nitrogen and oxygen atoms in total. The Labute approximate surface area is 131 Å². The standard InChI is InChI=1S/C17H15NO3S/c1-10(2)18-16(20)15(22-17(18)21)9-13-12-6-4-3-5-11(12)7-8-14(13)19/h3-10,20H,1-2H3. The summed E-state index contributed by atoms with van der Waals surface area (Å²) < 4.78 is 1.33. The van der Waals surface area contributed by atoms with E-state index in [0.29, 0.717) is 10.5 Å². The Hall–Kier alpha value is -2.40. The van der Waals surface area contributed by atoms with Crippen molar-refractivity contribution >= 4 is 34.8 Å². The van der Waals surface area contributed by atoms with Crippen molar-refractivity contribution in [3.63, 3.8) is 0 Å². The van der Waals surface area contributed by atoms with E-state index in [1.54, 1.807) is 12.2 Å². The molecule has 0 saturated carbocycles. The van der Waals surface area contributed by atoms with E-state index in [1.807, 2.05) is 38.1 Å². The van der Waals surface area contributed by atoms with E-state index in [-0.39, 0.29) is 22.6 Å². The molecule has 0 amide bonds. The molecule has 0 bridgehead atoms. The van der Waals surface area contributed by atoms with E-state index in [2.05, 4.69) is 0 Å². The van der Waals surface area contributed by atoms with E-state index < -0.39 is 0 Å². The van der Waals surface area contributed by atoms with Crippen molar-refractivity contribution in [1.82, 2.24) is 4.57 Å². The molecule has 3 rings (SSSR count). The maximum Gasteiger partial charge on any atom is 0.310 e. The van der Waals surface area contributed by atoms with Crippen molar-refractivity contribution in [2.75, 3.05) is 0 Å². The van der Waals surface area contributed by atoms with Crippen molar-refractivity contribution in [3.05, 3.63) is 56.0 Å². The van der Waals surface area contributed by atoms with Crippen LogP contribution in [0, 0.1) is 0 Å². The van der Waals surface area contributed by atoms with E-state index in [4.69, 9.17) is 0 Å². The van der Waals surface area contributed by atoms with Crippen LogP contribution in [0.1, 0.15) is 35.9 Å². The smallest absolute Gasteiger partial charge is 0.310 e. The van der Waals surface area contributed by atoms with Crippen LogP contribution in [0.5, 0.6) is 5.88 Å². The fourth-order valence-corrected chi connectivity index (χ4v) is 3.45. The van der Waals surface area contributed by atoms with Crippen molar-refractivity contribution in [1.29, 1.82) is 0 Å². The molecule has 1 aliphatic carbocycles. The molecule has 0 atom stereocenters. The van der Waals surface area contributed by atoms with Gasteiger partial charge in [-0.25, -0.2) is 0 Å². The molecule has 0 aliphatic heterocycles. The summed E-state index contributed by atoms with van der Waals surface area (Å²) in [5.41, 5.74) is 2.25. The minimum absolute atomic E-state index is 0.0858. The summed E-state index contributed by atoms with van der Waals surface area (Å²) in [5, 5.41) is 10.2. The minimum atomic E-state index is -0.230. The first-order valence-electron chi connectivity index (χ1n) is 6.97. The van der Waals surface area contributed by atoms with Crippen LogP contribution < -0.4 is 4.87 Å².